The van der Waals surface area contributed by atoms with Crippen LogP contribution in [0.4, 0.5) is 30.4 Å². The molecule has 2 heterocycles. The van der Waals surface area contributed by atoms with E-state index in [0.29, 0.717) is 24.6 Å². The van der Waals surface area contributed by atoms with Crippen LogP contribution < -0.4 is 16.0 Å². The average Bonchev–Trinajstić information content (AvgIpc) is 3.81. The molecular formula is C31H35F3N6O2. The molecule has 3 aromatic rings. The van der Waals surface area contributed by atoms with E-state index in [1.54, 1.807) is 6.20 Å². The molecule has 2 fully saturated rings. The molecule has 1 aliphatic heterocycles. The number of likely N-dealkylation sites (N-methyl/N-ethyl adjacent to an activating group) is 1. The Morgan fingerprint density at radius 1 is 0.929 bits per heavy atom. The number of alkyl halides is 3. The van der Waals surface area contributed by atoms with E-state index in [4.69, 9.17) is 0 Å². The van der Waals surface area contributed by atoms with E-state index in [1.165, 1.54) is 12.1 Å². The summed E-state index contributed by atoms with van der Waals surface area (Å²) in [6, 6.07) is 13.3. The molecule has 1 aliphatic carbocycles. The molecular weight excluding hydrogens is 545 g/mol. The predicted octanol–water partition coefficient (Wildman–Crippen LogP) is 5.22. The summed E-state index contributed by atoms with van der Waals surface area (Å²) in [5.41, 5.74) is 2.92. The summed E-state index contributed by atoms with van der Waals surface area (Å²) in [5.74, 6) is 0.217. The molecule has 0 radical (unpaired) electrons. The number of piperazine rings is 1. The number of anilines is 3. The highest BCUT2D eigenvalue weighted by atomic mass is 19.4. The smallest absolute Gasteiger partial charge is 0.376 e. The number of carbonyl (C=O) groups excluding carboxylic acids is 2. The van der Waals surface area contributed by atoms with Crippen LogP contribution in [0.15, 0.2) is 54.7 Å². The van der Waals surface area contributed by atoms with Gasteiger partial charge in [-0.05, 0) is 73.8 Å². The van der Waals surface area contributed by atoms with E-state index < -0.39 is 17.6 Å². The maximum Gasteiger partial charge on any atom is 0.416 e. The van der Waals surface area contributed by atoms with Gasteiger partial charge in [-0.1, -0.05) is 18.2 Å². The lowest BCUT2D eigenvalue weighted by molar-refractivity contribution is -0.138. The molecule has 0 unspecified atom stereocenters. The molecule has 5 rings (SSSR count). The Balaban J connectivity index is 1.16. The zero-order valence-electron chi connectivity index (χ0n) is 23.7. The van der Waals surface area contributed by atoms with Gasteiger partial charge in [0.1, 0.15) is 5.82 Å². The summed E-state index contributed by atoms with van der Waals surface area (Å²) in [7, 11) is 2.00. The van der Waals surface area contributed by atoms with Gasteiger partial charge < -0.3 is 20.9 Å². The lowest BCUT2D eigenvalue weighted by atomic mass is 10.0. The molecule has 3 N–H and O–H groups in total. The number of nitrogens with zero attached hydrogens (tertiary/aromatic N) is 3. The molecule has 11 heteroatoms. The van der Waals surface area contributed by atoms with Crippen LogP contribution in [0.2, 0.25) is 0 Å². The minimum absolute atomic E-state index is 0.0110. The molecule has 0 bridgehead atoms. The SMILES string of the molecule is Cc1cc(-c2ccc(NCC(=O)Nc3ccc(CN4CCN(C)CC4)c(C(F)(F)F)c3)cc2)cnc1NC(=O)C1CC1. The van der Waals surface area contributed by atoms with Crippen LogP contribution in [-0.4, -0.2) is 66.4 Å². The summed E-state index contributed by atoms with van der Waals surface area (Å²) in [4.78, 5) is 33.2. The van der Waals surface area contributed by atoms with Gasteiger partial charge in [-0.2, -0.15) is 13.2 Å². The fourth-order valence-electron chi connectivity index (χ4n) is 4.90. The maximum atomic E-state index is 13.9. The van der Waals surface area contributed by atoms with Crippen molar-refractivity contribution in [2.45, 2.75) is 32.5 Å². The highest BCUT2D eigenvalue weighted by Gasteiger charge is 2.34. The first-order valence-electron chi connectivity index (χ1n) is 14.1. The van der Waals surface area contributed by atoms with Crippen molar-refractivity contribution in [3.63, 3.8) is 0 Å². The summed E-state index contributed by atoms with van der Waals surface area (Å²) >= 11 is 0. The largest absolute Gasteiger partial charge is 0.416 e. The third-order valence-electron chi connectivity index (χ3n) is 7.63. The van der Waals surface area contributed by atoms with Gasteiger partial charge in [0.25, 0.3) is 0 Å². The molecule has 1 saturated carbocycles. The lowest BCUT2D eigenvalue weighted by Crippen LogP contribution is -2.44. The number of hydrogen-bond donors (Lipinski definition) is 3. The number of rotatable bonds is 9. The molecule has 2 amide bonds. The second kappa shape index (κ2) is 12.5. The van der Waals surface area contributed by atoms with Crippen LogP contribution in [0.1, 0.15) is 29.5 Å². The highest BCUT2D eigenvalue weighted by molar-refractivity contribution is 5.94. The van der Waals surface area contributed by atoms with Crippen LogP contribution >= 0.6 is 0 Å². The van der Waals surface area contributed by atoms with Crippen LogP contribution in [0.25, 0.3) is 11.1 Å². The molecule has 2 aliphatic rings. The first-order valence-corrected chi connectivity index (χ1v) is 14.1. The molecule has 0 atom stereocenters. The number of halogens is 3. The van der Waals surface area contributed by atoms with Crippen molar-refractivity contribution >= 4 is 29.0 Å². The molecule has 42 heavy (non-hydrogen) atoms. The van der Waals surface area contributed by atoms with Gasteiger partial charge in [0, 0.05) is 61.8 Å². The number of nitrogens with one attached hydrogen (secondary N) is 3. The number of hydrogen-bond acceptors (Lipinski definition) is 6. The molecule has 222 valence electrons. The summed E-state index contributed by atoms with van der Waals surface area (Å²) < 4.78 is 41.6. The minimum Gasteiger partial charge on any atom is -0.376 e. The standard InChI is InChI=1S/C31H35F3N6O2/c1-20-15-24(17-36-29(20)38-30(42)22-3-4-22)21-5-8-25(9-6-21)35-18-28(41)37-26-10-7-23(27(16-26)31(32,33)34)19-40-13-11-39(2)12-14-40/h5-10,15-17,22,35H,3-4,11-14,18-19H2,1-2H3,(H,37,41)(H,36,38,42). The minimum atomic E-state index is -4.53. The number of benzene rings is 2. The van der Waals surface area contributed by atoms with Gasteiger partial charge in [-0.15, -0.1) is 0 Å². The Labute approximate surface area is 243 Å². The van der Waals surface area contributed by atoms with Gasteiger partial charge in [-0.25, -0.2) is 4.98 Å². The third kappa shape index (κ3) is 7.65. The van der Waals surface area contributed by atoms with Crippen molar-refractivity contribution in [2.24, 2.45) is 5.92 Å². The number of pyridine rings is 1. The van der Waals surface area contributed by atoms with E-state index in [-0.39, 0.29) is 36.2 Å². The Hall–Kier alpha value is -3.96. The van der Waals surface area contributed by atoms with Gasteiger partial charge in [-0.3, -0.25) is 14.5 Å². The normalized spacial score (nSPS) is 16.2. The van der Waals surface area contributed by atoms with Crippen molar-refractivity contribution < 1.29 is 22.8 Å². The zero-order valence-corrected chi connectivity index (χ0v) is 23.7. The monoisotopic (exact) mass is 580 g/mol. The number of carbonyl (C=O) groups is 2. The first-order chi connectivity index (χ1) is 20.0. The Kier molecular flexibility index (Phi) is 8.79. The number of aryl methyl sites for hydroxylation is 1. The average molecular weight is 581 g/mol. The Bertz CT molecular complexity index is 1430. The molecule has 1 aromatic heterocycles. The highest BCUT2D eigenvalue weighted by Crippen LogP contribution is 2.35. The quantitative estimate of drug-likeness (QED) is 0.322. The van der Waals surface area contributed by atoms with E-state index >= 15 is 0 Å². The molecule has 1 saturated heterocycles. The van der Waals surface area contributed by atoms with Gasteiger partial charge in [0.15, 0.2) is 0 Å². The fraction of sp³-hybridized carbons (Fsp3) is 0.387. The van der Waals surface area contributed by atoms with Crippen LogP contribution in [-0.2, 0) is 22.3 Å². The van der Waals surface area contributed by atoms with Crippen molar-refractivity contribution in [2.75, 3.05) is 55.7 Å². The van der Waals surface area contributed by atoms with E-state index in [9.17, 15) is 22.8 Å². The summed E-state index contributed by atoms with van der Waals surface area (Å²) in [6.45, 7) is 5.05. The summed E-state index contributed by atoms with van der Waals surface area (Å²) in [5, 5.41) is 8.46. The zero-order chi connectivity index (χ0) is 29.9. The third-order valence-corrected chi connectivity index (χ3v) is 7.63. The lowest BCUT2D eigenvalue weighted by Gasteiger charge is -2.33. The van der Waals surface area contributed by atoms with Crippen molar-refractivity contribution in [1.82, 2.24) is 14.8 Å². The van der Waals surface area contributed by atoms with E-state index in [0.717, 1.165) is 48.7 Å². The summed E-state index contributed by atoms with van der Waals surface area (Å²) in [6.07, 6.45) is -0.971. The van der Waals surface area contributed by atoms with Crippen LogP contribution in [0.3, 0.4) is 0 Å². The topological polar surface area (TPSA) is 89.6 Å². The van der Waals surface area contributed by atoms with E-state index in [1.807, 2.05) is 49.2 Å². The molecule has 8 nitrogen and oxygen atoms in total. The van der Waals surface area contributed by atoms with Crippen molar-refractivity contribution in [3.8, 4) is 11.1 Å². The van der Waals surface area contributed by atoms with Crippen LogP contribution in [0, 0.1) is 12.8 Å². The van der Waals surface area contributed by atoms with Gasteiger partial charge >= 0.3 is 6.18 Å². The number of aromatic nitrogens is 1. The molecule has 2 aromatic carbocycles. The van der Waals surface area contributed by atoms with Crippen molar-refractivity contribution in [1.29, 1.82) is 0 Å². The van der Waals surface area contributed by atoms with Crippen LogP contribution in [0.5, 0.6) is 0 Å². The Morgan fingerprint density at radius 2 is 1.62 bits per heavy atom. The second-order valence-electron chi connectivity index (χ2n) is 11.1. The predicted molar refractivity (Wildman–Crippen MR) is 157 cm³/mol. The Morgan fingerprint density at radius 3 is 2.26 bits per heavy atom. The van der Waals surface area contributed by atoms with E-state index in [2.05, 4.69) is 25.8 Å². The second-order valence-corrected chi connectivity index (χ2v) is 11.1. The number of amides is 2. The van der Waals surface area contributed by atoms with Crippen molar-refractivity contribution in [3.05, 3.63) is 71.4 Å². The van der Waals surface area contributed by atoms with Gasteiger partial charge in [0.05, 0.1) is 12.1 Å². The van der Waals surface area contributed by atoms with Gasteiger partial charge in [0.2, 0.25) is 11.8 Å². The fourth-order valence-corrected chi connectivity index (χ4v) is 4.90. The maximum absolute atomic E-state index is 13.9. The first kappa shape index (κ1) is 29.5. The molecule has 0 spiro atoms.